The SMILES string of the molecule is Nc1cc(N(Cc2ccco2)C2CC2)nc(C(F)(F)F)n1. The fourth-order valence-corrected chi connectivity index (χ4v) is 2.08. The van der Waals surface area contributed by atoms with Crippen LogP contribution in [0.3, 0.4) is 0 Å². The van der Waals surface area contributed by atoms with Gasteiger partial charge in [-0.1, -0.05) is 0 Å². The average molecular weight is 298 g/mol. The monoisotopic (exact) mass is 298 g/mol. The van der Waals surface area contributed by atoms with Crippen molar-refractivity contribution in [2.24, 2.45) is 0 Å². The zero-order chi connectivity index (χ0) is 15.0. The lowest BCUT2D eigenvalue weighted by Gasteiger charge is -2.23. The van der Waals surface area contributed by atoms with E-state index in [0.717, 1.165) is 12.8 Å². The van der Waals surface area contributed by atoms with Crippen molar-refractivity contribution in [2.75, 3.05) is 10.6 Å². The molecule has 0 spiro atoms. The Morgan fingerprint density at radius 3 is 2.67 bits per heavy atom. The maximum atomic E-state index is 12.8. The summed E-state index contributed by atoms with van der Waals surface area (Å²) < 4.78 is 43.6. The second-order valence-electron chi connectivity index (χ2n) is 4.91. The number of nitrogens with two attached hydrogens (primary N) is 1. The molecule has 5 nitrogen and oxygen atoms in total. The molecule has 2 aromatic rings. The molecule has 0 unspecified atom stereocenters. The molecule has 2 aromatic heterocycles. The Kier molecular flexibility index (Phi) is 3.23. The summed E-state index contributed by atoms with van der Waals surface area (Å²) in [6, 6.07) is 5.02. The van der Waals surface area contributed by atoms with Crippen molar-refractivity contribution < 1.29 is 17.6 Å². The third kappa shape index (κ3) is 3.09. The molecule has 1 aliphatic carbocycles. The van der Waals surface area contributed by atoms with E-state index in [1.165, 1.54) is 12.3 Å². The van der Waals surface area contributed by atoms with E-state index in [2.05, 4.69) is 9.97 Å². The van der Waals surface area contributed by atoms with Gasteiger partial charge in [0.1, 0.15) is 17.4 Å². The molecule has 0 aromatic carbocycles. The first-order chi connectivity index (χ1) is 9.93. The van der Waals surface area contributed by atoms with Crippen molar-refractivity contribution >= 4 is 11.6 Å². The summed E-state index contributed by atoms with van der Waals surface area (Å²) in [5.74, 6) is -0.582. The van der Waals surface area contributed by atoms with E-state index in [-0.39, 0.29) is 17.7 Å². The van der Waals surface area contributed by atoms with Crippen LogP contribution >= 0.6 is 0 Å². The van der Waals surface area contributed by atoms with Gasteiger partial charge in [0, 0.05) is 12.1 Å². The predicted molar refractivity (Wildman–Crippen MR) is 69.4 cm³/mol. The molecule has 2 N–H and O–H groups in total. The molecule has 112 valence electrons. The number of hydrogen-bond acceptors (Lipinski definition) is 5. The smallest absolute Gasteiger partial charge is 0.451 e. The van der Waals surface area contributed by atoms with Crippen LogP contribution in [0.5, 0.6) is 0 Å². The fraction of sp³-hybridized carbons (Fsp3) is 0.385. The van der Waals surface area contributed by atoms with E-state index < -0.39 is 12.0 Å². The maximum absolute atomic E-state index is 12.8. The van der Waals surface area contributed by atoms with Gasteiger partial charge < -0.3 is 15.1 Å². The van der Waals surface area contributed by atoms with Crippen LogP contribution in [-0.2, 0) is 12.7 Å². The molecule has 3 rings (SSSR count). The van der Waals surface area contributed by atoms with Crippen molar-refractivity contribution in [1.29, 1.82) is 0 Å². The Hall–Kier alpha value is -2.25. The summed E-state index contributed by atoms with van der Waals surface area (Å²) in [7, 11) is 0. The summed E-state index contributed by atoms with van der Waals surface area (Å²) in [5, 5.41) is 0. The van der Waals surface area contributed by atoms with Gasteiger partial charge in [-0.2, -0.15) is 13.2 Å². The lowest BCUT2D eigenvalue weighted by atomic mass is 10.3. The maximum Gasteiger partial charge on any atom is 0.451 e. The van der Waals surface area contributed by atoms with Gasteiger partial charge >= 0.3 is 6.18 Å². The lowest BCUT2D eigenvalue weighted by Crippen LogP contribution is -2.27. The number of nitrogens with zero attached hydrogens (tertiary/aromatic N) is 3. The molecule has 2 heterocycles. The van der Waals surface area contributed by atoms with Crippen LogP contribution in [0.25, 0.3) is 0 Å². The zero-order valence-corrected chi connectivity index (χ0v) is 11.0. The summed E-state index contributed by atoms with van der Waals surface area (Å²) >= 11 is 0. The minimum absolute atomic E-state index is 0.158. The summed E-state index contributed by atoms with van der Waals surface area (Å²) in [6.07, 6.45) is -1.28. The standard InChI is InChI=1S/C13H13F3N4O/c14-13(15,16)12-18-10(17)6-11(19-12)20(8-3-4-8)7-9-2-1-5-21-9/h1-2,5-6,8H,3-4,7H2,(H2,17,18,19). The van der Waals surface area contributed by atoms with Crippen molar-refractivity contribution in [3.63, 3.8) is 0 Å². The topological polar surface area (TPSA) is 68.2 Å². The van der Waals surface area contributed by atoms with Crippen LogP contribution in [0.2, 0.25) is 0 Å². The van der Waals surface area contributed by atoms with Crippen molar-refractivity contribution in [3.05, 3.63) is 36.0 Å². The van der Waals surface area contributed by atoms with E-state index in [9.17, 15) is 13.2 Å². The second kappa shape index (κ2) is 4.94. The number of alkyl halides is 3. The lowest BCUT2D eigenvalue weighted by molar-refractivity contribution is -0.144. The summed E-state index contributed by atoms with van der Waals surface area (Å²) in [5.41, 5.74) is 5.49. The molecule has 0 radical (unpaired) electrons. The van der Waals surface area contributed by atoms with Gasteiger partial charge in [-0.15, -0.1) is 0 Å². The number of halogens is 3. The first kappa shape index (κ1) is 13.7. The van der Waals surface area contributed by atoms with E-state index >= 15 is 0 Å². The molecule has 8 heteroatoms. The first-order valence-electron chi connectivity index (χ1n) is 6.44. The van der Waals surface area contributed by atoms with Gasteiger partial charge in [0.15, 0.2) is 0 Å². The third-order valence-corrected chi connectivity index (χ3v) is 3.17. The van der Waals surface area contributed by atoms with Gasteiger partial charge in [0.05, 0.1) is 12.8 Å². The molecule has 0 bridgehead atoms. The van der Waals surface area contributed by atoms with E-state index in [0.29, 0.717) is 12.3 Å². The third-order valence-electron chi connectivity index (χ3n) is 3.17. The second-order valence-corrected chi connectivity index (χ2v) is 4.91. The largest absolute Gasteiger partial charge is 0.467 e. The predicted octanol–water partition coefficient (Wildman–Crippen LogP) is 2.84. The molecule has 1 saturated carbocycles. The highest BCUT2D eigenvalue weighted by Gasteiger charge is 2.37. The van der Waals surface area contributed by atoms with Gasteiger partial charge in [0.2, 0.25) is 5.82 Å². The summed E-state index contributed by atoms with van der Waals surface area (Å²) in [4.78, 5) is 8.64. The van der Waals surface area contributed by atoms with Crippen LogP contribution in [0.15, 0.2) is 28.9 Å². The Labute approximate surface area is 118 Å². The van der Waals surface area contributed by atoms with Gasteiger partial charge in [-0.05, 0) is 25.0 Å². The van der Waals surface area contributed by atoms with Crippen molar-refractivity contribution in [2.45, 2.75) is 31.6 Å². The molecular formula is C13H13F3N4O. The minimum Gasteiger partial charge on any atom is -0.467 e. The number of nitrogen functional groups attached to an aromatic ring is 1. The van der Waals surface area contributed by atoms with Crippen LogP contribution in [0.1, 0.15) is 24.4 Å². The molecule has 1 fully saturated rings. The average Bonchev–Trinajstić information content (AvgIpc) is 3.11. The quantitative estimate of drug-likeness (QED) is 0.940. The Morgan fingerprint density at radius 2 is 2.10 bits per heavy atom. The van der Waals surface area contributed by atoms with Crippen molar-refractivity contribution in [3.8, 4) is 0 Å². The Balaban J connectivity index is 1.94. The zero-order valence-electron chi connectivity index (χ0n) is 11.0. The van der Waals surface area contributed by atoms with Crippen molar-refractivity contribution in [1.82, 2.24) is 9.97 Å². The highest BCUT2D eigenvalue weighted by Crippen LogP contribution is 2.34. The fourth-order valence-electron chi connectivity index (χ4n) is 2.08. The first-order valence-corrected chi connectivity index (χ1v) is 6.44. The van der Waals surface area contributed by atoms with Crippen LogP contribution in [0, 0.1) is 0 Å². The highest BCUT2D eigenvalue weighted by molar-refractivity contribution is 5.49. The van der Waals surface area contributed by atoms with Gasteiger partial charge in [-0.3, -0.25) is 0 Å². The van der Waals surface area contributed by atoms with E-state index in [1.807, 2.05) is 0 Å². The molecule has 0 atom stereocenters. The molecule has 0 amide bonds. The molecule has 21 heavy (non-hydrogen) atoms. The van der Waals surface area contributed by atoms with Gasteiger partial charge in [-0.25, -0.2) is 9.97 Å². The number of anilines is 2. The molecular weight excluding hydrogens is 285 g/mol. The van der Waals surface area contributed by atoms with Crippen LogP contribution in [-0.4, -0.2) is 16.0 Å². The number of furan rings is 1. The highest BCUT2D eigenvalue weighted by atomic mass is 19.4. The molecule has 0 saturated heterocycles. The molecule has 1 aliphatic rings. The van der Waals surface area contributed by atoms with E-state index in [1.54, 1.807) is 17.0 Å². The summed E-state index contributed by atoms with van der Waals surface area (Å²) in [6.45, 7) is 0.353. The normalized spacial score (nSPS) is 15.2. The molecule has 0 aliphatic heterocycles. The van der Waals surface area contributed by atoms with Crippen LogP contribution < -0.4 is 10.6 Å². The number of rotatable bonds is 4. The van der Waals surface area contributed by atoms with Gasteiger partial charge in [0.25, 0.3) is 0 Å². The van der Waals surface area contributed by atoms with Crippen LogP contribution in [0.4, 0.5) is 24.8 Å². The number of hydrogen-bond donors (Lipinski definition) is 1. The number of aromatic nitrogens is 2. The Morgan fingerprint density at radius 1 is 1.33 bits per heavy atom. The van der Waals surface area contributed by atoms with E-state index in [4.69, 9.17) is 10.2 Å². The minimum atomic E-state index is -4.62. The Bertz CT molecular complexity index is 623.